The lowest BCUT2D eigenvalue weighted by molar-refractivity contribution is 0.0207. The van der Waals surface area contributed by atoms with Gasteiger partial charge in [-0.15, -0.1) is 0 Å². The minimum absolute atomic E-state index is 0.0996. The number of urea groups is 1. The predicted molar refractivity (Wildman–Crippen MR) is 78.8 cm³/mol. The Morgan fingerprint density at radius 1 is 1.26 bits per heavy atom. The molecule has 0 aromatic carbocycles. The number of nitrogens with one attached hydrogen (secondary N) is 1. The number of thioether (sulfide) groups is 1. The van der Waals surface area contributed by atoms with Crippen LogP contribution in [0.25, 0.3) is 0 Å². The Morgan fingerprint density at radius 3 is 2.84 bits per heavy atom. The van der Waals surface area contributed by atoms with E-state index in [9.17, 15) is 4.79 Å². The molecular formula is C13H25N3O2S. The van der Waals surface area contributed by atoms with Crippen LogP contribution >= 0.6 is 11.8 Å². The Bertz CT molecular complexity index is 277. The van der Waals surface area contributed by atoms with E-state index in [1.165, 1.54) is 5.75 Å². The number of carbonyl (C=O) groups is 1. The number of hydrogen-bond acceptors (Lipinski definition) is 4. The highest BCUT2D eigenvalue weighted by Gasteiger charge is 2.19. The first kappa shape index (κ1) is 14.9. The molecule has 0 aromatic heterocycles. The van der Waals surface area contributed by atoms with Gasteiger partial charge in [-0.1, -0.05) is 0 Å². The van der Waals surface area contributed by atoms with Crippen molar-refractivity contribution in [1.82, 2.24) is 15.1 Å². The number of rotatable bonds is 3. The minimum Gasteiger partial charge on any atom is -0.379 e. The first-order chi connectivity index (χ1) is 9.27. The van der Waals surface area contributed by atoms with E-state index >= 15 is 0 Å². The largest absolute Gasteiger partial charge is 0.379 e. The summed E-state index contributed by atoms with van der Waals surface area (Å²) in [6, 6.07) is 0.483. The van der Waals surface area contributed by atoms with E-state index in [2.05, 4.69) is 17.1 Å². The van der Waals surface area contributed by atoms with Crippen LogP contribution in [-0.4, -0.2) is 79.3 Å². The Kier molecular flexibility index (Phi) is 6.26. The molecule has 2 saturated heterocycles. The summed E-state index contributed by atoms with van der Waals surface area (Å²) in [7, 11) is 0. The summed E-state index contributed by atoms with van der Waals surface area (Å²) in [4.78, 5) is 16.4. The number of ether oxygens (including phenoxy) is 1. The maximum Gasteiger partial charge on any atom is 0.317 e. The topological polar surface area (TPSA) is 44.8 Å². The van der Waals surface area contributed by atoms with Crippen molar-refractivity contribution in [2.75, 3.05) is 57.4 Å². The monoisotopic (exact) mass is 287 g/mol. The molecule has 1 unspecified atom stereocenters. The van der Waals surface area contributed by atoms with Gasteiger partial charge < -0.3 is 15.0 Å². The van der Waals surface area contributed by atoms with Crippen molar-refractivity contribution in [3.8, 4) is 0 Å². The summed E-state index contributed by atoms with van der Waals surface area (Å²) in [5.41, 5.74) is 0. The summed E-state index contributed by atoms with van der Waals surface area (Å²) >= 11 is 1.94. The van der Waals surface area contributed by atoms with Crippen LogP contribution < -0.4 is 5.32 Å². The molecule has 0 bridgehead atoms. The molecule has 2 rings (SSSR count). The Hall–Kier alpha value is -0.460. The molecule has 110 valence electrons. The van der Waals surface area contributed by atoms with Crippen molar-refractivity contribution in [2.24, 2.45) is 0 Å². The highest BCUT2D eigenvalue weighted by atomic mass is 32.2. The summed E-state index contributed by atoms with van der Waals surface area (Å²) in [6.45, 7) is 8.22. The third-order valence-corrected chi connectivity index (χ3v) is 4.78. The van der Waals surface area contributed by atoms with E-state index in [4.69, 9.17) is 4.74 Å². The molecule has 2 amide bonds. The van der Waals surface area contributed by atoms with Crippen LogP contribution in [0.15, 0.2) is 0 Å². The van der Waals surface area contributed by atoms with Crippen LogP contribution in [-0.2, 0) is 4.74 Å². The van der Waals surface area contributed by atoms with Gasteiger partial charge in [0.1, 0.15) is 0 Å². The zero-order valence-corrected chi connectivity index (χ0v) is 12.6. The molecule has 2 aliphatic rings. The van der Waals surface area contributed by atoms with Crippen LogP contribution in [0.1, 0.15) is 13.3 Å². The summed E-state index contributed by atoms with van der Waals surface area (Å²) in [5.74, 6) is 2.24. The fourth-order valence-electron chi connectivity index (χ4n) is 2.44. The van der Waals surface area contributed by atoms with Gasteiger partial charge in [-0.25, -0.2) is 4.79 Å². The lowest BCUT2D eigenvalue weighted by Crippen LogP contribution is -2.49. The molecule has 5 nitrogen and oxygen atoms in total. The van der Waals surface area contributed by atoms with Gasteiger partial charge in [0, 0.05) is 44.5 Å². The fraction of sp³-hybridized carbons (Fsp3) is 0.923. The zero-order chi connectivity index (χ0) is 13.5. The molecule has 1 N–H and O–H groups in total. The maximum atomic E-state index is 12.1. The molecule has 0 saturated carbocycles. The molecule has 19 heavy (non-hydrogen) atoms. The van der Waals surface area contributed by atoms with E-state index in [1.807, 2.05) is 16.7 Å². The molecule has 2 heterocycles. The van der Waals surface area contributed by atoms with E-state index in [1.54, 1.807) is 0 Å². The molecule has 2 fully saturated rings. The van der Waals surface area contributed by atoms with E-state index in [-0.39, 0.29) is 6.03 Å². The van der Waals surface area contributed by atoms with E-state index in [0.717, 1.165) is 58.1 Å². The first-order valence-corrected chi connectivity index (χ1v) is 8.35. The van der Waals surface area contributed by atoms with Crippen molar-refractivity contribution in [3.63, 3.8) is 0 Å². The molecule has 0 radical (unpaired) electrons. The van der Waals surface area contributed by atoms with Gasteiger partial charge in [0.2, 0.25) is 0 Å². The van der Waals surface area contributed by atoms with Crippen molar-refractivity contribution in [1.29, 1.82) is 0 Å². The summed E-state index contributed by atoms with van der Waals surface area (Å²) in [6.07, 6.45) is 1.11. The van der Waals surface area contributed by atoms with E-state index in [0.29, 0.717) is 6.04 Å². The second kappa shape index (κ2) is 7.97. The van der Waals surface area contributed by atoms with Gasteiger partial charge in [0.15, 0.2) is 0 Å². The molecule has 6 heteroatoms. The Balaban J connectivity index is 1.69. The SMILES string of the molecule is CC(CNC(=O)N1CCCSCC1)N1CCOCC1. The number of morpholine rings is 1. The predicted octanol–water partition coefficient (Wildman–Crippen LogP) is 0.856. The second-order valence-corrected chi connectivity index (χ2v) is 6.36. The van der Waals surface area contributed by atoms with Gasteiger partial charge in [-0.05, 0) is 19.1 Å². The zero-order valence-electron chi connectivity index (χ0n) is 11.8. The highest BCUT2D eigenvalue weighted by Crippen LogP contribution is 2.10. The first-order valence-electron chi connectivity index (χ1n) is 7.19. The molecule has 1 atom stereocenters. The van der Waals surface area contributed by atoms with Crippen LogP contribution in [0, 0.1) is 0 Å². The van der Waals surface area contributed by atoms with Crippen LogP contribution in [0.4, 0.5) is 4.79 Å². The molecule has 0 aliphatic carbocycles. The number of nitrogens with zero attached hydrogens (tertiary/aromatic N) is 2. The second-order valence-electron chi connectivity index (χ2n) is 5.14. The lowest BCUT2D eigenvalue weighted by Gasteiger charge is -2.32. The van der Waals surface area contributed by atoms with Crippen molar-refractivity contribution in [3.05, 3.63) is 0 Å². The third-order valence-electron chi connectivity index (χ3n) is 3.73. The number of hydrogen-bond donors (Lipinski definition) is 1. The molecule has 0 aromatic rings. The fourth-order valence-corrected chi connectivity index (χ4v) is 3.33. The quantitative estimate of drug-likeness (QED) is 0.836. The number of carbonyl (C=O) groups excluding carboxylic acids is 1. The van der Waals surface area contributed by atoms with Crippen molar-refractivity contribution >= 4 is 17.8 Å². The van der Waals surface area contributed by atoms with Gasteiger partial charge >= 0.3 is 6.03 Å². The molecular weight excluding hydrogens is 262 g/mol. The van der Waals surface area contributed by atoms with Crippen molar-refractivity contribution in [2.45, 2.75) is 19.4 Å². The molecule has 0 spiro atoms. The van der Waals surface area contributed by atoms with Gasteiger partial charge in [0.25, 0.3) is 0 Å². The number of amides is 2. The van der Waals surface area contributed by atoms with Gasteiger partial charge in [-0.3, -0.25) is 4.90 Å². The third kappa shape index (κ3) is 4.85. The maximum absolute atomic E-state index is 12.1. The highest BCUT2D eigenvalue weighted by molar-refractivity contribution is 7.99. The van der Waals surface area contributed by atoms with Gasteiger partial charge in [-0.2, -0.15) is 11.8 Å². The average molecular weight is 287 g/mol. The van der Waals surface area contributed by atoms with Crippen LogP contribution in [0.5, 0.6) is 0 Å². The normalized spacial score (nSPS) is 23.7. The molecule has 2 aliphatic heterocycles. The van der Waals surface area contributed by atoms with Crippen LogP contribution in [0.3, 0.4) is 0 Å². The summed E-state index contributed by atoms with van der Waals surface area (Å²) < 4.78 is 5.34. The minimum atomic E-state index is 0.0996. The van der Waals surface area contributed by atoms with Gasteiger partial charge in [0.05, 0.1) is 13.2 Å². The van der Waals surface area contributed by atoms with Crippen molar-refractivity contribution < 1.29 is 9.53 Å². The smallest absolute Gasteiger partial charge is 0.317 e. The summed E-state index contributed by atoms with van der Waals surface area (Å²) in [5, 5.41) is 3.07. The van der Waals surface area contributed by atoms with E-state index < -0.39 is 0 Å². The lowest BCUT2D eigenvalue weighted by atomic mass is 10.2. The Labute approximate surface area is 120 Å². The Morgan fingerprint density at radius 2 is 2.05 bits per heavy atom. The standard InChI is InChI=1S/C13H25N3O2S/c1-12(15-4-7-18-8-5-15)11-14-13(17)16-3-2-9-19-10-6-16/h12H,2-11H2,1H3,(H,14,17). The average Bonchev–Trinajstić information content (AvgIpc) is 2.74. The van der Waals surface area contributed by atoms with Crippen LogP contribution in [0.2, 0.25) is 0 Å².